The lowest BCUT2D eigenvalue weighted by atomic mass is 10.0. The van der Waals surface area contributed by atoms with E-state index in [1.807, 2.05) is 51.1 Å². The zero-order valence-corrected chi connectivity index (χ0v) is 24.3. The van der Waals surface area contributed by atoms with Gasteiger partial charge < -0.3 is 19.6 Å². The first-order valence-corrected chi connectivity index (χ1v) is 13.8. The number of anilines is 1. The Morgan fingerprint density at radius 2 is 1.74 bits per heavy atom. The molecule has 0 fully saturated rings. The summed E-state index contributed by atoms with van der Waals surface area (Å²) in [6.07, 6.45) is 0.731. The Balaban J connectivity index is 1.70. The molecule has 0 spiro atoms. The number of benzene rings is 3. The third-order valence-electron chi connectivity index (χ3n) is 6.31. The number of carbonyl (C=O) groups is 3. The Hall–Kier alpha value is -4.63. The van der Waals surface area contributed by atoms with E-state index in [0.717, 1.165) is 16.0 Å². The van der Waals surface area contributed by atoms with Crippen LogP contribution in [0, 0.1) is 0 Å². The molecule has 0 aliphatic heterocycles. The van der Waals surface area contributed by atoms with Gasteiger partial charge in [-0.15, -0.1) is 0 Å². The molecular weight excluding hydrogens is 558 g/mol. The number of hydrogen-bond acceptors (Lipinski definition) is 6. The molecule has 1 atom stereocenters. The van der Waals surface area contributed by atoms with Crippen LogP contribution in [0.1, 0.15) is 55.9 Å². The summed E-state index contributed by atoms with van der Waals surface area (Å²) in [4.78, 5) is 42.6. The van der Waals surface area contributed by atoms with Crippen molar-refractivity contribution >= 4 is 35.8 Å². The van der Waals surface area contributed by atoms with E-state index in [9.17, 15) is 19.5 Å². The summed E-state index contributed by atoms with van der Waals surface area (Å²) in [5, 5.41) is 13.8. The molecule has 2 amide bonds. The molecule has 0 aliphatic carbocycles. The van der Waals surface area contributed by atoms with Crippen LogP contribution in [-0.2, 0) is 4.74 Å². The van der Waals surface area contributed by atoms with Crippen molar-refractivity contribution in [3.8, 4) is 22.5 Å². The highest BCUT2D eigenvalue weighted by molar-refractivity contribution is 6.30. The Bertz CT molecular complexity index is 1530. The molecule has 4 aromatic rings. The van der Waals surface area contributed by atoms with Crippen molar-refractivity contribution in [1.82, 2.24) is 10.3 Å². The number of halogens is 1. The predicted octanol–water partition coefficient (Wildman–Crippen LogP) is 8.01. The van der Waals surface area contributed by atoms with E-state index in [1.54, 1.807) is 42.5 Å². The van der Waals surface area contributed by atoms with Gasteiger partial charge in [-0.25, -0.2) is 14.6 Å². The lowest BCUT2D eigenvalue weighted by Gasteiger charge is -2.29. The van der Waals surface area contributed by atoms with E-state index in [1.165, 1.54) is 6.20 Å². The smallest absolute Gasteiger partial charge is 0.412 e. The predicted molar refractivity (Wildman–Crippen MR) is 161 cm³/mol. The van der Waals surface area contributed by atoms with Gasteiger partial charge in [-0.05, 0) is 81.1 Å². The van der Waals surface area contributed by atoms with Gasteiger partial charge in [0.1, 0.15) is 6.04 Å². The maximum Gasteiger partial charge on any atom is 0.412 e. The van der Waals surface area contributed by atoms with Crippen molar-refractivity contribution in [2.24, 2.45) is 0 Å². The average Bonchev–Trinajstić information content (AvgIpc) is 3.44. The molecule has 10 heteroatoms. The maximum absolute atomic E-state index is 12.9. The third kappa shape index (κ3) is 7.76. The zero-order valence-electron chi connectivity index (χ0n) is 23.5. The number of carboxylic acid groups (broad SMARTS) is 1. The topological polar surface area (TPSA) is 122 Å². The monoisotopic (exact) mass is 589 g/mol. The maximum atomic E-state index is 12.9. The van der Waals surface area contributed by atoms with Crippen LogP contribution < -0.4 is 10.2 Å². The number of amides is 2. The van der Waals surface area contributed by atoms with Crippen LogP contribution in [0.2, 0.25) is 5.02 Å². The van der Waals surface area contributed by atoms with Gasteiger partial charge in [0.2, 0.25) is 5.89 Å². The molecule has 0 unspecified atom stereocenters. The molecule has 0 bridgehead atoms. The molecule has 2 N–H and O–H groups in total. The van der Waals surface area contributed by atoms with E-state index in [4.69, 9.17) is 20.8 Å². The minimum absolute atomic E-state index is 0.0290. The van der Waals surface area contributed by atoms with Crippen molar-refractivity contribution in [2.45, 2.75) is 45.2 Å². The normalized spacial score (nSPS) is 11.9. The SMILES string of the molecule is CC(C)(C)NC(=O)OCCC[C@@H](c1ncc(-c2ccc(Cl)cc2)o1)N(C(=O)O)c1cc(-c2ccccc2)ccc1C=O. The third-order valence-corrected chi connectivity index (χ3v) is 6.56. The Morgan fingerprint density at radius 3 is 2.38 bits per heavy atom. The number of aromatic nitrogens is 1. The molecular formula is C32H32ClN3O6. The molecule has 0 saturated carbocycles. The highest BCUT2D eigenvalue weighted by atomic mass is 35.5. The van der Waals surface area contributed by atoms with E-state index >= 15 is 0 Å². The van der Waals surface area contributed by atoms with Crippen molar-refractivity contribution in [3.05, 3.63) is 95.5 Å². The molecule has 42 heavy (non-hydrogen) atoms. The number of hydrogen-bond donors (Lipinski definition) is 2. The Morgan fingerprint density at radius 1 is 1.05 bits per heavy atom. The molecule has 0 saturated heterocycles. The molecule has 4 rings (SSSR count). The Labute approximate surface area is 249 Å². The van der Waals surface area contributed by atoms with E-state index in [-0.39, 0.29) is 30.2 Å². The second-order valence-corrected chi connectivity index (χ2v) is 11.1. The quantitative estimate of drug-likeness (QED) is 0.142. The summed E-state index contributed by atoms with van der Waals surface area (Å²) in [5.74, 6) is 0.551. The van der Waals surface area contributed by atoms with Crippen LogP contribution in [0.25, 0.3) is 22.5 Å². The van der Waals surface area contributed by atoms with Gasteiger partial charge in [0.25, 0.3) is 0 Å². The van der Waals surface area contributed by atoms with E-state index in [2.05, 4.69) is 10.3 Å². The molecule has 3 aromatic carbocycles. The average molecular weight is 590 g/mol. The Kier molecular flexibility index (Phi) is 9.64. The van der Waals surface area contributed by atoms with Gasteiger partial charge >= 0.3 is 12.2 Å². The first-order valence-electron chi connectivity index (χ1n) is 13.4. The van der Waals surface area contributed by atoms with Crippen LogP contribution in [0.5, 0.6) is 0 Å². The van der Waals surface area contributed by atoms with Gasteiger partial charge in [-0.2, -0.15) is 0 Å². The first kappa shape index (κ1) is 30.3. The molecule has 1 heterocycles. The number of nitrogens with zero attached hydrogens (tertiary/aromatic N) is 2. The fourth-order valence-electron chi connectivity index (χ4n) is 4.40. The number of alkyl carbamates (subject to hydrolysis) is 1. The lowest BCUT2D eigenvalue weighted by molar-refractivity contribution is 0.112. The van der Waals surface area contributed by atoms with Crippen LogP contribution in [0.3, 0.4) is 0 Å². The fourth-order valence-corrected chi connectivity index (χ4v) is 4.53. The van der Waals surface area contributed by atoms with Crippen molar-refractivity contribution in [1.29, 1.82) is 0 Å². The standard InChI is InChI=1S/C32H32ClN3O6/c1-32(2,3)35-30(38)41-17-7-10-26(29-34-19-28(42-29)22-13-15-25(33)16-14-22)36(31(39)40)27-18-23(11-12-24(27)20-37)21-8-5-4-6-9-21/h4-6,8-9,11-16,18-20,26H,7,10,17H2,1-3H3,(H,35,38)(H,39,40)/t26-/m0/s1. The number of oxazole rings is 1. The zero-order chi connectivity index (χ0) is 30.3. The van der Waals surface area contributed by atoms with Gasteiger partial charge in [-0.3, -0.25) is 9.69 Å². The van der Waals surface area contributed by atoms with Crippen LogP contribution in [0.4, 0.5) is 15.3 Å². The lowest BCUT2D eigenvalue weighted by Crippen LogP contribution is -2.41. The van der Waals surface area contributed by atoms with Crippen LogP contribution in [-0.4, -0.2) is 40.7 Å². The van der Waals surface area contributed by atoms with E-state index in [0.29, 0.717) is 29.1 Å². The van der Waals surface area contributed by atoms with Crippen LogP contribution >= 0.6 is 11.6 Å². The summed E-state index contributed by atoms with van der Waals surface area (Å²) in [5.41, 5.74) is 2.20. The highest BCUT2D eigenvalue weighted by Gasteiger charge is 2.32. The summed E-state index contributed by atoms with van der Waals surface area (Å²) in [6.45, 7) is 5.54. The van der Waals surface area contributed by atoms with Crippen LogP contribution in [0.15, 0.2) is 83.4 Å². The number of nitrogens with one attached hydrogen (secondary N) is 1. The highest BCUT2D eigenvalue weighted by Crippen LogP contribution is 2.36. The summed E-state index contributed by atoms with van der Waals surface area (Å²) in [6, 6.07) is 20.5. The largest absolute Gasteiger partial charge is 0.465 e. The number of ether oxygens (including phenoxy) is 1. The number of carbonyl (C=O) groups excluding carboxylic acids is 2. The summed E-state index contributed by atoms with van der Waals surface area (Å²) < 4.78 is 11.4. The number of aldehydes is 1. The molecule has 1 aromatic heterocycles. The van der Waals surface area contributed by atoms with Crippen molar-refractivity contribution in [3.63, 3.8) is 0 Å². The van der Waals surface area contributed by atoms with Crippen molar-refractivity contribution in [2.75, 3.05) is 11.5 Å². The minimum Gasteiger partial charge on any atom is -0.465 e. The summed E-state index contributed by atoms with van der Waals surface area (Å²) in [7, 11) is 0. The van der Waals surface area contributed by atoms with Gasteiger partial charge in [0, 0.05) is 21.7 Å². The second kappa shape index (κ2) is 13.4. The van der Waals surface area contributed by atoms with Crippen molar-refractivity contribution < 1.29 is 28.6 Å². The van der Waals surface area contributed by atoms with E-state index < -0.39 is 23.8 Å². The van der Waals surface area contributed by atoms with Gasteiger partial charge in [0.15, 0.2) is 12.0 Å². The summed E-state index contributed by atoms with van der Waals surface area (Å²) >= 11 is 6.03. The molecule has 0 radical (unpaired) electrons. The molecule has 218 valence electrons. The minimum atomic E-state index is -1.30. The number of rotatable bonds is 10. The molecule has 9 nitrogen and oxygen atoms in total. The fraction of sp³-hybridized carbons (Fsp3) is 0.250. The molecule has 0 aliphatic rings. The first-order chi connectivity index (χ1) is 20.1. The second-order valence-electron chi connectivity index (χ2n) is 10.6. The van der Waals surface area contributed by atoms with Gasteiger partial charge in [0.05, 0.1) is 18.5 Å². The van der Waals surface area contributed by atoms with Gasteiger partial charge in [-0.1, -0.05) is 48.0 Å².